The molecule has 1 fully saturated rings. The van der Waals surface area contributed by atoms with Crippen LogP contribution in [0, 0.1) is 6.92 Å². The van der Waals surface area contributed by atoms with Gasteiger partial charge in [-0.2, -0.15) is 0 Å². The van der Waals surface area contributed by atoms with Crippen molar-refractivity contribution in [3.8, 4) is 0 Å². The third kappa shape index (κ3) is 8.25. The molecular weight excluding hydrogens is 226 g/mol. The molecule has 0 spiro atoms. The molecule has 0 radical (unpaired) electrons. The molecule has 4 nitrogen and oxygen atoms in total. The monoisotopic (exact) mass is 257 g/mol. The topological polar surface area (TPSA) is 49.9 Å². The van der Waals surface area contributed by atoms with Crippen molar-refractivity contribution in [2.75, 3.05) is 20.8 Å². The predicted molar refractivity (Wildman–Crippen MR) is 78.9 cm³/mol. The maximum atomic E-state index is 4.28. The quantitative estimate of drug-likeness (QED) is 0.810. The van der Waals surface area contributed by atoms with Crippen LogP contribution in [-0.4, -0.2) is 30.7 Å². The third-order valence-corrected chi connectivity index (χ3v) is 2.11. The Morgan fingerprint density at radius 3 is 2.11 bits per heavy atom. The van der Waals surface area contributed by atoms with E-state index in [2.05, 4.69) is 20.0 Å². The highest BCUT2D eigenvalue weighted by atomic mass is 16.4. The highest BCUT2D eigenvalue weighted by molar-refractivity contribution is 5.04. The van der Waals surface area contributed by atoms with E-state index in [1.54, 1.807) is 14.2 Å². The smallest absolute Gasteiger partial charge is 0.123 e. The van der Waals surface area contributed by atoms with Gasteiger partial charge in [0.1, 0.15) is 5.82 Å². The fourth-order valence-corrected chi connectivity index (χ4v) is 1.53. The van der Waals surface area contributed by atoms with Crippen LogP contribution in [0.2, 0.25) is 0 Å². The van der Waals surface area contributed by atoms with E-state index in [1.165, 1.54) is 12.8 Å². The summed E-state index contributed by atoms with van der Waals surface area (Å²) in [6.07, 6.45) is 4.37. The Kier molecular flexibility index (Phi) is 15.4. The van der Waals surface area contributed by atoms with Gasteiger partial charge in [-0.05, 0) is 26.3 Å². The average molecular weight is 257 g/mol. The van der Waals surface area contributed by atoms with Crippen molar-refractivity contribution in [3.63, 3.8) is 0 Å². The number of aryl methyl sites for hydroxylation is 1. The van der Waals surface area contributed by atoms with Gasteiger partial charge in [0, 0.05) is 26.1 Å². The summed E-state index contributed by atoms with van der Waals surface area (Å²) in [6, 6.07) is 0.476. The zero-order chi connectivity index (χ0) is 14.4. The van der Waals surface area contributed by atoms with Crippen molar-refractivity contribution in [1.29, 1.82) is 0 Å². The normalized spacial score (nSPS) is 16.5. The molecule has 2 N–H and O–H groups in total. The molecule has 18 heavy (non-hydrogen) atoms. The van der Waals surface area contributed by atoms with E-state index in [4.69, 9.17) is 0 Å². The first-order valence-electron chi connectivity index (χ1n) is 6.93. The molecule has 2 heterocycles. The van der Waals surface area contributed by atoms with Gasteiger partial charge in [0.15, 0.2) is 0 Å². The minimum Gasteiger partial charge on any atom is -0.388 e. The fourth-order valence-electron chi connectivity index (χ4n) is 1.53. The van der Waals surface area contributed by atoms with Gasteiger partial charge in [-0.3, -0.25) is 0 Å². The van der Waals surface area contributed by atoms with E-state index >= 15 is 0 Å². The van der Waals surface area contributed by atoms with Crippen LogP contribution in [0.5, 0.6) is 0 Å². The first kappa shape index (κ1) is 19.5. The molecule has 0 aromatic carbocycles. The SMILES string of the molecule is CC.CC.COC.Cc1cnc(C2CCCN2)[nH]1. The van der Waals surface area contributed by atoms with Crippen molar-refractivity contribution < 1.29 is 4.74 Å². The average Bonchev–Trinajstić information content (AvgIpc) is 3.06. The van der Waals surface area contributed by atoms with E-state index in [0.717, 1.165) is 18.1 Å². The molecule has 4 heteroatoms. The van der Waals surface area contributed by atoms with Crippen molar-refractivity contribution in [1.82, 2.24) is 15.3 Å². The molecule has 1 unspecified atom stereocenters. The van der Waals surface area contributed by atoms with Gasteiger partial charge in [-0.15, -0.1) is 0 Å². The first-order valence-corrected chi connectivity index (χ1v) is 6.93. The van der Waals surface area contributed by atoms with Crippen molar-refractivity contribution in [3.05, 3.63) is 17.7 Å². The molecular formula is C14H31N3O. The standard InChI is InChI=1S/C8H13N3.C2H6O.2C2H6/c1-6-5-10-8(11-6)7-3-2-4-9-7;1-3-2;2*1-2/h5,7,9H,2-4H2,1H3,(H,10,11);1-2H3;2*1-2H3. The number of aromatic amines is 1. The molecule has 0 aliphatic carbocycles. The van der Waals surface area contributed by atoms with Crippen LogP contribution in [0.4, 0.5) is 0 Å². The summed E-state index contributed by atoms with van der Waals surface area (Å²) in [5.41, 5.74) is 1.15. The molecule has 0 saturated carbocycles. The molecule has 1 aliphatic heterocycles. The number of nitrogens with one attached hydrogen (secondary N) is 2. The van der Waals surface area contributed by atoms with E-state index in [9.17, 15) is 0 Å². The molecule has 1 aliphatic rings. The minimum absolute atomic E-state index is 0.476. The lowest BCUT2D eigenvalue weighted by atomic mass is 10.2. The second kappa shape index (κ2) is 14.2. The van der Waals surface area contributed by atoms with Gasteiger partial charge in [-0.25, -0.2) is 4.98 Å². The summed E-state index contributed by atoms with van der Waals surface area (Å²) in [5.74, 6) is 1.10. The zero-order valence-electron chi connectivity index (χ0n) is 13.1. The summed E-state index contributed by atoms with van der Waals surface area (Å²) in [4.78, 5) is 7.52. The molecule has 0 amide bonds. The van der Waals surface area contributed by atoms with Crippen LogP contribution in [-0.2, 0) is 4.74 Å². The second-order valence-corrected chi connectivity index (χ2v) is 3.51. The van der Waals surface area contributed by atoms with Crippen LogP contribution in [0.1, 0.15) is 58.1 Å². The van der Waals surface area contributed by atoms with Gasteiger partial charge in [0.25, 0.3) is 0 Å². The molecule has 1 saturated heterocycles. The number of nitrogens with zero attached hydrogens (tertiary/aromatic N) is 1. The van der Waals surface area contributed by atoms with Crippen LogP contribution >= 0.6 is 0 Å². The molecule has 1 aromatic rings. The lowest BCUT2D eigenvalue weighted by Crippen LogP contribution is -2.14. The Bertz CT molecular complexity index is 255. The summed E-state index contributed by atoms with van der Waals surface area (Å²) < 4.78 is 4.25. The Hall–Kier alpha value is -0.870. The zero-order valence-corrected chi connectivity index (χ0v) is 13.1. The van der Waals surface area contributed by atoms with Gasteiger partial charge in [0.2, 0.25) is 0 Å². The number of aromatic nitrogens is 2. The summed E-state index contributed by atoms with van der Waals surface area (Å²) in [5, 5.41) is 3.39. The largest absolute Gasteiger partial charge is 0.388 e. The van der Waals surface area contributed by atoms with Gasteiger partial charge in [-0.1, -0.05) is 27.7 Å². The summed E-state index contributed by atoms with van der Waals surface area (Å²) >= 11 is 0. The maximum absolute atomic E-state index is 4.28. The lowest BCUT2D eigenvalue weighted by Gasteiger charge is -2.04. The second-order valence-electron chi connectivity index (χ2n) is 3.51. The number of imidazole rings is 1. The van der Waals surface area contributed by atoms with E-state index in [-0.39, 0.29) is 0 Å². The Labute approximate surface area is 113 Å². The number of hydrogen-bond acceptors (Lipinski definition) is 3. The van der Waals surface area contributed by atoms with Crippen LogP contribution in [0.15, 0.2) is 6.20 Å². The molecule has 108 valence electrons. The van der Waals surface area contributed by atoms with E-state index in [1.807, 2.05) is 40.8 Å². The summed E-state index contributed by atoms with van der Waals surface area (Å²) in [6.45, 7) is 11.2. The lowest BCUT2D eigenvalue weighted by molar-refractivity contribution is 0.277. The van der Waals surface area contributed by atoms with E-state index < -0.39 is 0 Å². The predicted octanol–water partition coefficient (Wildman–Crippen LogP) is 3.46. The third-order valence-electron chi connectivity index (χ3n) is 2.11. The Morgan fingerprint density at radius 2 is 1.78 bits per heavy atom. The van der Waals surface area contributed by atoms with Crippen molar-refractivity contribution >= 4 is 0 Å². The number of H-pyrrole nitrogens is 1. The highest BCUT2D eigenvalue weighted by Crippen LogP contribution is 2.19. The number of rotatable bonds is 1. The first-order chi connectivity index (χ1) is 8.77. The minimum atomic E-state index is 0.476. The van der Waals surface area contributed by atoms with E-state index in [0.29, 0.717) is 6.04 Å². The fraction of sp³-hybridized carbons (Fsp3) is 0.786. The number of hydrogen-bond donors (Lipinski definition) is 2. The van der Waals surface area contributed by atoms with Gasteiger partial charge in [0.05, 0.1) is 6.04 Å². The molecule has 2 rings (SSSR count). The Balaban J connectivity index is 0. The van der Waals surface area contributed by atoms with Gasteiger partial charge >= 0.3 is 0 Å². The van der Waals surface area contributed by atoms with Crippen molar-refractivity contribution in [2.45, 2.75) is 53.5 Å². The van der Waals surface area contributed by atoms with Crippen LogP contribution in [0.3, 0.4) is 0 Å². The number of methoxy groups -OCH3 is 1. The molecule has 0 bridgehead atoms. The van der Waals surface area contributed by atoms with Crippen molar-refractivity contribution in [2.24, 2.45) is 0 Å². The highest BCUT2D eigenvalue weighted by Gasteiger charge is 2.17. The number of ether oxygens (including phenoxy) is 1. The van der Waals surface area contributed by atoms with Crippen LogP contribution in [0.25, 0.3) is 0 Å². The van der Waals surface area contributed by atoms with Crippen LogP contribution < -0.4 is 5.32 Å². The van der Waals surface area contributed by atoms with Gasteiger partial charge < -0.3 is 15.0 Å². The summed E-state index contributed by atoms with van der Waals surface area (Å²) in [7, 11) is 3.25. The molecule has 1 atom stereocenters. The Morgan fingerprint density at radius 1 is 1.22 bits per heavy atom. The maximum Gasteiger partial charge on any atom is 0.123 e. The molecule has 1 aromatic heterocycles.